The summed E-state index contributed by atoms with van der Waals surface area (Å²) in [7, 11) is 0. The van der Waals surface area contributed by atoms with Crippen molar-refractivity contribution in [3.63, 3.8) is 0 Å². The Morgan fingerprint density at radius 3 is 2.50 bits per heavy atom. The zero-order valence-electron chi connectivity index (χ0n) is 12.4. The number of hydrogen-bond donors (Lipinski definition) is 1. The Labute approximate surface area is 129 Å². The molecular formula is C18H17FN2O. The van der Waals surface area contributed by atoms with Crippen molar-refractivity contribution in [2.24, 2.45) is 0 Å². The van der Waals surface area contributed by atoms with E-state index >= 15 is 0 Å². The molecule has 0 heterocycles. The van der Waals surface area contributed by atoms with Gasteiger partial charge in [0, 0.05) is 13.0 Å². The standard InChI is InChI=1S/C18H17FN2O/c1-13-10-16(6-8-17(13)19)12-21-18(22)9-7-14-2-4-15(11-20)5-3-14/h2-6,8,10H,7,9,12H2,1H3,(H,21,22). The molecule has 0 saturated heterocycles. The lowest BCUT2D eigenvalue weighted by atomic mass is 10.1. The molecule has 4 heteroatoms. The summed E-state index contributed by atoms with van der Waals surface area (Å²) in [6, 6.07) is 14.1. The molecule has 22 heavy (non-hydrogen) atoms. The highest BCUT2D eigenvalue weighted by Crippen LogP contribution is 2.09. The second-order valence-corrected chi connectivity index (χ2v) is 5.17. The lowest BCUT2D eigenvalue weighted by Gasteiger charge is -2.07. The number of benzene rings is 2. The monoisotopic (exact) mass is 296 g/mol. The van der Waals surface area contributed by atoms with Crippen LogP contribution in [0.3, 0.4) is 0 Å². The number of carbonyl (C=O) groups is 1. The van der Waals surface area contributed by atoms with Gasteiger partial charge in [-0.15, -0.1) is 0 Å². The normalized spacial score (nSPS) is 10.0. The zero-order chi connectivity index (χ0) is 15.9. The van der Waals surface area contributed by atoms with Crippen LogP contribution < -0.4 is 5.32 Å². The molecule has 0 fully saturated rings. The number of nitriles is 1. The smallest absolute Gasteiger partial charge is 0.220 e. The molecule has 0 spiro atoms. The van der Waals surface area contributed by atoms with E-state index in [4.69, 9.17) is 5.26 Å². The lowest BCUT2D eigenvalue weighted by Crippen LogP contribution is -2.23. The summed E-state index contributed by atoms with van der Waals surface area (Å²) in [6.45, 7) is 2.10. The third-order valence-corrected chi connectivity index (χ3v) is 3.44. The van der Waals surface area contributed by atoms with Gasteiger partial charge in [0.15, 0.2) is 0 Å². The Kier molecular flexibility index (Phi) is 5.26. The zero-order valence-corrected chi connectivity index (χ0v) is 12.4. The molecule has 0 unspecified atom stereocenters. The van der Waals surface area contributed by atoms with Gasteiger partial charge in [-0.1, -0.05) is 24.3 Å². The van der Waals surface area contributed by atoms with Crippen LogP contribution in [-0.4, -0.2) is 5.91 Å². The molecule has 0 aliphatic rings. The van der Waals surface area contributed by atoms with Crippen molar-refractivity contribution >= 4 is 5.91 Å². The lowest BCUT2D eigenvalue weighted by molar-refractivity contribution is -0.121. The van der Waals surface area contributed by atoms with Gasteiger partial charge in [-0.3, -0.25) is 4.79 Å². The Balaban J connectivity index is 1.80. The summed E-state index contributed by atoms with van der Waals surface area (Å²) in [5.41, 5.74) is 3.08. The largest absolute Gasteiger partial charge is 0.352 e. The van der Waals surface area contributed by atoms with Gasteiger partial charge in [0.25, 0.3) is 0 Å². The van der Waals surface area contributed by atoms with E-state index in [0.29, 0.717) is 30.5 Å². The number of nitrogens with zero attached hydrogens (tertiary/aromatic N) is 1. The van der Waals surface area contributed by atoms with Crippen LogP contribution in [0.4, 0.5) is 4.39 Å². The van der Waals surface area contributed by atoms with Crippen LogP contribution in [0, 0.1) is 24.1 Å². The molecule has 0 aliphatic carbocycles. The van der Waals surface area contributed by atoms with Crippen molar-refractivity contribution in [2.45, 2.75) is 26.3 Å². The molecule has 0 radical (unpaired) electrons. The van der Waals surface area contributed by atoms with Crippen LogP contribution in [0.2, 0.25) is 0 Å². The third kappa shape index (κ3) is 4.42. The molecule has 2 rings (SSSR count). The molecule has 112 valence electrons. The maximum absolute atomic E-state index is 13.2. The van der Waals surface area contributed by atoms with Crippen LogP contribution in [0.15, 0.2) is 42.5 Å². The van der Waals surface area contributed by atoms with E-state index in [9.17, 15) is 9.18 Å². The fourth-order valence-electron chi connectivity index (χ4n) is 2.11. The van der Waals surface area contributed by atoms with Gasteiger partial charge >= 0.3 is 0 Å². The second kappa shape index (κ2) is 7.37. The van der Waals surface area contributed by atoms with Crippen molar-refractivity contribution in [3.8, 4) is 6.07 Å². The van der Waals surface area contributed by atoms with Gasteiger partial charge in [-0.05, 0) is 48.2 Å². The number of aryl methyl sites for hydroxylation is 2. The van der Waals surface area contributed by atoms with Gasteiger partial charge in [-0.25, -0.2) is 4.39 Å². The molecule has 1 N–H and O–H groups in total. The minimum Gasteiger partial charge on any atom is -0.352 e. The first kappa shape index (κ1) is 15.7. The number of rotatable bonds is 5. The summed E-state index contributed by atoms with van der Waals surface area (Å²) in [4.78, 5) is 11.8. The molecule has 0 atom stereocenters. The minimum absolute atomic E-state index is 0.0497. The van der Waals surface area contributed by atoms with Crippen molar-refractivity contribution < 1.29 is 9.18 Å². The fraction of sp³-hybridized carbons (Fsp3) is 0.222. The maximum atomic E-state index is 13.2. The van der Waals surface area contributed by atoms with E-state index in [1.165, 1.54) is 6.07 Å². The minimum atomic E-state index is -0.240. The van der Waals surface area contributed by atoms with E-state index in [2.05, 4.69) is 11.4 Å². The molecular weight excluding hydrogens is 279 g/mol. The first-order valence-electron chi connectivity index (χ1n) is 7.09. The van der Waals surface area contributed by atoms with Gasteiger partial charge < -0.3 is 5.32 Å². The second-order valence-electron chi connectivity index (χ2n) is 5.17. The van der Waals surface area contributed by atoms with Crippen molar-refractivity contribution in [3.05, 3.63) is 70.5 Å². The Hall–Kier alpha value is -2.67. The van der Waals surface area contributed by atoms with E-state index in [-0.39, 0.29) is 11.7 Å². The molecule has 0 bridgehead atoms. The predicted octanol–water partition coefficient (Wildman–Crippen LogP) is 3.25. The van der Waals surface area contributed by atoms with Crippen molar-refractivity contribution in [1.82, 2.24) is 5.32 Å². The van der Waals surface area contributed by atoms with Gasteiger partial charge in [0.2, 0.25) is 5.91 Å². The number of halogens is 1. The molecule has 2 aromatic rings. The molecule has 3 nitrogen and oxygen atoms in total. The molecule has 0 saturated carbocycles. The molecule has 2 aromatic carbocycles. The van der Waals surface area contributed by atoms with Crippen molar-refractivity contribution in [2.75, 3.05) is 0 Å². The third-order valence-electron chi connectivity index (χ3n) is 3.44. The van der Waals surface area contributed by atoms with E-state index < -0.39 is 0 Å². The highest BCUT2D eigenvalue weighted by Gasteiger charge is 2.04. The average molecular weight is 296 g/mol. The Bertz CT molecular complexity index is 702. The van der Waals surface area contributed by atoms with Crippen LogP contribution >= 0.6 is 0 Å². The summed E-state index contributed by atoms with van der Waals surface area (Å²) in [5.74, 6) is -0.290. The summed E-state index contributed by atoms with van der Waals surface area (Å²) < 4.78 is 13.2. The SMILES string of the molecule is Cc1cc(CNC(=O)CCc2ccc(C#N)cc2)ccc1F. The number of hydrogen-bond acceptors (Lipinski definition) is 2. The summed E-state index contributed by atoms with van der Waals surface area (Å²) in [5, 5.41) is 11.5. The van der Waals surface area contributed by atoms with Crippen LogP contribution in [0.1, 0.15) is 28.7 Å². The summed E-state index contributed by atoms with van der Waals surface area (Å²) in [6.07, 6.45) is 1.01. The number of carbonyl (C=O) groups excluding carboxylic acids is 1. The van der Waals surface area contributed by atoms with Gasteiger partial charge in [0.05, 0.1) is 11.6 Å². The van der Waals surface area contributed by atoms with Crippen LogP contribution in [0.25, 0.3) is 0 Å². The predicted molar refractivity (Wildman–Crippen MR) is 82.5 cm³/mol. The van der Waals surface area contributed by atoms with Crippen molar-refractivity contribution in [1.29, 1.82) is 5.26 Å². The fourth-order valence-corrected chi connectivity index (χ4v) is 2.11. The highest BCUT2D eigenvalue weighted by molar-refractivity contribution is 5.76. The number of nitrogens with one attached hydrogen (secondary N) is 1. The topological polar surface area (TPSA) is 52.9 Å². The maximum Gasteiger partial charge on any atom is 0.220 e. The quantitative estimate of drug-likeness (QED) is 0.920. The number of amides is 1. The van der Waals surface area contributed by atoms with Crippen LogP contribution in [-0.2, 0) is 17.8 Å². The highest BCUT2D eigenvalue weighted by atomic mass is 19.1. The van der Waals surface area contributed by atoms with E-state index in [1.807, 2.05) is 12.1 Å². The Morgan fingerprint density at radius 1 is 1.18 bits per heavy atom. The Morgan fingerprint density at radius 2 is 1.86 bits per heavy atom. The van der Waals surface area contributed by atoms with E-state index in [1.54, 1.807) is 31.2 Å². The van der Waals surface area contributed by atoms with E-state index in [0.717, 1.165) is 11.1 Å². The molecule has 1 amide bonds. The molecule has 0 aromatic heterocycles. The average Bonchev–Trinajstić information content (AvgIpc) is 2.54. The first-order valence-corrected chi connectivity index (χ1v) is 7.09. The van der Waals surface area contributed by atoms with Gasteiger partial charge in [0.1, 0.15) is 5.82 Å². The molecule has 0 aliphatic heterocycles. The first-order chi connectivity index (χ1) is 10.6. The van der Waals surface area contributed by atoms with Crippen LogP contribution in [0.5, 0.6) is 0 Å². The van der Waals surface area contributed by atoms with Gasteiger partial charge in [-0.2, -0.15) is 5.26 Å². The summed E-state index contributed by atoms with van der Waals surface area (Å²) >= 11 is 0.